The van der Waals surface area contributed by atoms with Crippen LogP contribution in [0.2, 0.25) is 0 Å². The van der Waals surface area contributed by atoms with Gasteiger partial charge in [-0.25, -0.2) is 4.98 Å². The Hall–Kier alpha value is -3.64. The molecule has 32 heavy (non-hydrogen) atoms. The van der Waals surface area contributed by atoms with Gasteiger partial charge in [0.05, 0.1) is 37.0 Å². The first-order valence-corrected chi connectivity index (χ1v) is 10.6. The lowest BCUT2D eigenvalue weighted by atomic mass is 10.0. The first-order chi connectivity index (χ1) is 15.6. The maximum Gasteiger partial charge on any atom is 0.254 e. The highest BCUT2D eigenvalue weighted by Crippen LogP contribution is 2.29. The molecule has 6 heteroatoms. The van der Waals surface area contributed by atoms with Crippen molar-refractivity contribution >= 4 is 16.8 Å². The summed E-state index contributed by atoms with van der Waals surface area (Å²) in [6.45, 7) is 3.34. The van der Waals surface area contributed by atoms with Crippen LogP contribution in [0.3, 0.4) is 0 Å². The Kier molecular flexibility index (Phi) is 5.37. The SMILES string of the molecule is COc1ccc(-c2cc(C(=O)N3CCOC(c4ccc(C)o4)C3)c3ccccc3n2)cc1. The molecule has 2 aromatic carbocycles. The van der Waals surface area contributed by atoms with E-state index in [0.717, 1.165) is 39.4 Å². The zero-order valence-corrected chi connectivity index (χ0v) is 18.1. The highest BCUT2D eigenvalue weighted by molar-refractivity contribution is 6.07. The first-order valence-electron chi connectivity index (χ1n) is 10.6. The van der Waals surface area contributed by atoms with E-state index in [-0.39, 0.29) is 12.0 Å². The number of methoxy groups -OCH3 is 1. The van der Waals surface area contributed by atoms with Crippen LogP contribution in [0.5, 0.6) is 5.75 Å². The van der Waals surface area contributed by atoms with Gasteiger partial charge in [0, 0.05) is 17.5 Å². The van der Waals surface area contributed by atoms with Crippen LogP contribution in [0.15, 0.2) is 71.1 Å². The van der Waals surface area contributed by atoms with Gasteiger partial charge in [-0.15, -0.1) is 0 Å². The zero-order valence-electron chi connectivity index (χ0n) is 18.1. The van der Waals surface area contributed by atoms with Crippen molar-refractivity contribution < 1.29 is 18.7 Å². The number of carbonyl (C=O) groups excluding carboxylic acids is 1. The van der Waals surface area contributed by atoms with Gasteiger partial charge in [-0.2, -0.15) is 0 Å². The Morgan fingerprint density at radius 3 is 2.66 bits per heavy atom. The van der Waals surface area contributed by atoms with Crippen molar-refractivity contribution in [3.63, 3.8) is 0 Å². The van der Waals surface area contributed by atoms with Crippen molar-refractivity contribution in [3.8, 4) is 17.0 Å². The number of nitrogens with zero attached hydrogens (tertiary/aromatic N) is 2. The van der Waals surface area contributed by atoms with Crippen molar-refractivity contribution in [2.75, 3.05) is 26.8 Å². The molecule has 1 unspecified atom stereocenters. The molecule has 0 radical (unpaired) electrons. The van der Waals surface area contributed by atoms with Crippen molar-refractivity contribution in [1.82, 2.24) is 9.88 Å². The van der Waals surface area contributed by atoms with Crippen LogP contribution >= 0.6 is 0 Å². The molecule has 1 atom stereocenters. The average molecular weight is 428 g/mol. The molecule has 3 heterocycles. The number of ether oxygens (including phenoxy) is 2. The van der Waals surface area contributed by atoms with Gasteiger partial charge in [0.2, 0.25) is 0 Å². The molecule has 1 saturated heterocycles. The summed E-state index contributed by atoms with van der Waals surface area (Å²) in [7, 11) is 1.64. The summed E-state index contributed by atoms with van der Waals surface area (Å²) in [6.07, 6.45) is -0.268. The fraction of sp³-hybridized carbons (Fsp3) is 0.231. The number of aromatic nitrogens is 1. The number of pyridine rings is 1. The predicted octanol–water partition coefficient (Wildman–Crippen LogP) is 5.03. The number of furan rings is 1. The van der Waals surface area contributed by atoms with Crippen molar-refractivity contribution in [3.05, 3.63) is 83.8 Å². The van der Waals surface area contributed by atoms with Gasteiger partial charge in [0.25, 0.3) is 5.91 Å². The number of aryl methyl sites for hydroxylation is 1. The Bertz CT molecular complexity index is 1260. The second-order valence-corrected chi connectivity index (χ2v) is 7.86. The van der Waals surface area contributed by atoms with Crippen molar-refractivity contribution in [2.45, 2.75) is 13.0 Å². The van der Waals surface area contributed by atoms with Gasteiger partial charge < -0.3 is 18.8 Å². The number of carbonyl (C=O) groups is 1. The number of rotatable bonds is 4. The molecule has 5 rings (SSSR count). The van der Waals surface area contributed by atoms with E-state index in [2.05, 4.69) is 0 Å². The summed E-state index contributed by atoms with van der Waals surface area (Å²) in [5.41, 5.74) is 3.10. The summed E-state index contributed by atoms with van der Waals surface area (Å²) >= 11 is 0. The molecular weight excluding hydrogens is 404 g/mol. The van der Waals surface area contributed by atoms with E-state index in [1.165, 1.54) is 0 Å². The lowest BCUT2D eigenvalue weighted by Gasteiger charge is -2.32. The number of benzene rings is 2. The number of hydrogen-bond donors (Lipinski definition) is 0. The maximum absolute atomic E-state index is 13.7. The molecule has 1 amide bonds. The molecule has 1 aliphatic rings. The summed E-state index contributed by atoms with van der Waals surface area (Å²) < 4.78 is 16.9. The maximum atomic E-state index is 13.7. The predicted molar refractivity (Wildman–Crippen MR) is 122 cm³/mol. The minimum absolute atomic E-state index is 0.0325. The summed E-state index contributed by atoms with van der Waals surface area (Å²) in [5.74, 6) is 2.32. The van der Waals surface area contributed by atoms with E-state index in [1.54, 1.807) is 7.11 Å². The van der Waals surface area contributed by atoms with Crippen LogP contribution in [0, 0.1) is 6.92 Å². The fourth-order valence-electron chi connectivity index (χ4n) is 4.06. The lowest BCUT2D eigenvalue weighted by molar-refractivity contribution is -0.0323. The molecule has 4 aromatic rings. The zero-order chi connectivity index (χ0) is 22.1. The van der Waals surface area contributed by atoms with Crippen LogP contribution < -0.4 is 4.74 Å². The summed E-state index contributed by atoms with van der Waals surface area (Å²) in [6, 6.07) is 21.2. The lowest BCUT2D eigenvalue weighted by Crippen LogP contribution is -2.42. The molecular formula is C26H24N2O4. The van der Waals surface area contributed by atoms with Crippen LogP contribution in [-0.2, 0) is 4.74 Å². The molecule has 6 nitrogen and oxygen atoms in total. The highest BCUT2D eigenvalue weighted by atomic mass is 16.5. The van der Waals surface area contributed by atoms with E-state index < -0.39 is 0 Å². The van der Waals surface area contributed by atoms with Gasteiger partial charge in [-0.1, -0.05) is 18.2 Å². The third-order valence-corrected chi connectivity index (χ3v) is 5.76. The van der Waals surface area contributed by atoms with Crippen molar-refractivity contribution in [1.29, 1.82) is 0 Å². The molecule has 0 bridgehead atoms. The molecule has 1 aliphatic heterocycles. The van der Waals surface area contributed by atoms with Crippen LogP contribution in [0.25, 0.3) is 22.2 Å². The van der Waals surface area contributed by atoms with Gasteiger partial charge in [-0.05, 0) is 55.5 Å². The molecule has 1 fully saturated rings. The normalized spacial score (nSPS) is 16.3. The van der Waals surface area contributed by atoms with Crippen molar-refractivity contribution in [2.24, 2.45) is 0 Å². The Morgan fingerprint density at radius 1 is 1.09 bits per heavy atom. The third kappa shape index (κ3) is 3.85. The van der Waals surface area contributed by atoms with Gasteiger partial charge >= 0.3 is 0 Å². The number of amides is 1. The molecule has 162 valence electrons. The summed E-state index contributed by atoms with van der Waals surface area (Å²) in [4.78, 5) is 20.3. The standard InChI is InChI=1S/C26H24N2O4/c1-17-7-12-24(32-17)25-16-28(13-14-31-25)26(29)21-15-23(18-8-10-19(30-2)11-9-18)27-22-6-4-3-5-20(21)22/h3-12,15,25H,13-14,16H2,1-2H3. The van der Waals surface area contributed by atoms with E-state index in [1.807, 2.05) is 78.6 Å². The molecule has 0 aliphatic carbocycles. The topological polar surface area (TPSA) is 64.8 Å². The van der Waals surface area contributed by atoms with E-state index in [0.29, 0.717) is 25.3 Å². The van der Waals surface area contributed by atoms with E-state index in [9.17, 15) is 4.79 Å². The molecule has 2 aromatic heterocycles. The number of para-hydroxylation sites is 1. The fourth-order valence-corrected chi connectivity index (χ4v) is 4.06. The monoisotopic (exact) mass is 428 g/mol. The number of morpholine rings is 1. The second-order valence-electron chi connectivity index (χ2n) is 7.86. The minimum Gasteiger partial charge on any atom is -0.497 e. The average Bonchev–Trinajstić information content (AvgIpc) is 3.29. The van der Waals surface area contributed by atoms with Gasteiger partial charge in [-0.3, -0.25) is 4.79 Å². The molecule has 0 saturated carbocycles. The molecule has 0 spiro atoms. The first kappa shape index (κ1) is 20.3. The van der Waals surface area contributed by atoms with Crippen LogP contribution in [0.4, 0.5) is 0 Å². The minimum atomic E-state index is -0.268. The third-order valence-electron chi connectivity index (χ3n) is 5.76. The van der Waals surface area contributed by atoms with Crippen LogP contribution in [0.1, 0.15) is 28.0 Å². The van der Waals surface area contributed by atoms with Gasteiger partial charge in [0.1, 0.15) is 23.4 Å². The van der Waals surface area contributed by atoms with Gasteiger partial charge in [0.15, 0.2) is 0 Å². The number of hydrogen-bond acceptors (Lipinski definition) is 5. The second kappa shape index (κ2) is 8.48. The highest BCUT2D eigenvalue weighted by Gasteiger charge is 2.29. The quantitative estimate of drug-likeness (QED) is 0.456. The summed E-state index contributed by atoms with van der Waals surface area (Å²) in [5, 5.41) is 0.839. The Labute approximate surface area is 186 Å². The molecule has 0 N–H and O–H groups in total. The van der Waals surface area contributed by atoms with E-state index >= 15 is 0 Å². The van der Waals surface area contributed by atoms with E-state index in [4.69, 9.17) is 18.9 Å². The number of fused-ring (bicyclic) bond motifs is 1. The smallest absolute Gasteiger partial charge is 0.254 e. The Morgan fingerprint density at radius 2 is 1.91 bits per heavy atom. The van der Waals surface area contributed by atoms with Crippen LogP contribution in [-0.4, -0.2) is 42.6 Å². The Balaban J connectivity index is 1.51. The largest absolute Gasteiger partial charge is 0.497 e.